The fourth-order valence-electron chi connectivity index (χ4n) is 2.95. The van der Waals surface area contributed by atoms with E-state index in [9.17, 15) is 13.2 Å². The summed E-state index contributed by atoms with van der Waals surface area (Å²) >= 11 is 12.2. The van der Waals surface area contributed by atoms with E-state index in [-0.39, 0.29) is 25.6 Å². The second-order valence-corrected chi connectivity index (χ2v) is 9.66. The summed E-state index contributed by atoms with van der Waals surface area (Å²) in [5.41, 5.74) is 1.52. The summed E-state index contributed by atoms with van der Waals surface area (Å²) in [5.74, 6) is 0.253. The summed E-state index contributed by atoms with van der Waals surface area (Å²) in [6, 6.07) is 20.5. The molecule has 0 heterocycles. The maximum absolute atomic E-state index is 12.4. The van der Waals surface area contributed by atoms with Crippen molar-refractivity contribution in [1.29, 1.82) is 0 Å². The minimum absolute atomic E-state index is 0.0867. The number of nitrogens with one attached hydrogen (secondary N) is 1. The Hall–Kier alpha value is -2.74. The van der Waals surface area contributed by atoms with Crippen molar-refractivity contribution in [3.05, 3.63) is 94.0 Å². The van der Waals surface area contributed by atoms with Gasteiger partial charge < -0.3 is 10.1 Å². The lowest BCUT2D eigenvalue weighted by atomic mass is 10.1. The van der Waals surface area contributed by atoms with Gasteiger partial charge in [-0.2, -0.15) is 0 Å². The van der Waals surface area contributed by atoms with E-state index in [4.69, 9.17) is 27.9 Å². The molecule has 0 bridgehead atoms. The number of amides is 1. The molecule has 0 aliphatic carbocycles. The number of rotatable bonds is 9. The fourth-order valence-corrected chi connectivity index (χ4v) is 4.21. The van der Waals surface area contributed by atoms with E-state index in [1.54, 1.807) is 66.7 Å². The first-order chi connectivity index (χ1) is 15.3. The number of sulfonamides is 1. The van der Waals surface area contributed by atoms with Crippen molar-refractivity contribution < 1.29 is 17.9 Å². The molecule has 0 spiro atoms. The molecule has 0 unspecified atom stereocenters. The van der Waals surface area contributed by atoms with Gasteiger partial charge in [0, 0.05) is 10.6 Å². The molecular weight excluding hydrogens is 471 g/mol. The number of halogens is 2. The predicted octanol–water partition coefficient (Wildman–Crippen LogP) is 4.77. The van der Waals surface area contributed by atoms with Gasteiger partial charge in [-0.05, 0) is 48.0 Å². The Balaban J connectivity index is 1.62. The van der Waals surface area contributed by atoms with Gasteiger partial charge in [-0.15, -0.1) is 0 Å². The molecule has 3 aromatic rings. The lowest BCUT2D eigenvalue weighted by molar-refractivity contribution is 0.0947. The van der Waals surface area contributed by atoms with Crippen LogP contribution in [0.5, 0.6) is 5.75 Å². The Bertz CT molecular complexity index is 1180. The van der Waals surface area contributed by atoms with Gasteiger partial charge >= 0.3 is 0 Å². The van der Waals surface area contributed by atoms with E-state index in [0.717, 1.165) is 6.26 Å². The minimum atomic E-state index is -3.57. The molecule has 3 rings (SSSR count). The van der Waals surface area contributed by atoms with E-state index in [2.05, 4.69) is 5.32 Å². The molecular formula is C23H22Cl2N2O4S. The standard InChI is InChI=1S/C23H22Cl2N2O4S/c1-32(29,30)27(16-18-6-2-3-7-20(18)24)19-12-10-17(11-13-19)23(28)26-14-15-31-22-9-5-4-8-21(22)25/h2-13H,14-16H2,1H3,(H,26,28). The third-order valence-electron chi connectivity index (χ3n) is 4.57. The Morgan fingerprint density at radius 1 is 0.938 bits per heavy atom. The summed E-state index contributed by atoms with van der Waals surface area (Å²) in [4.78, 5) is 12.4. The largest absolute Gasteiger partial charge is 0.490 e. The number of para-hydroxylation sites is 1. The third-order valence-corrected chi connectivity index (χ3v) is 6.39. The normalized spacial score (nSPS) is 11.1. The zero-order chi connectivity index (χ0) is 23.1. The van der Waals surface area contributed by atoms with Crippen molar-refractivity contribution in [2.75, 3.05) is 23.7 Å². The number of carbonyl (C=O) groups is 1. The molecule has 0 fully saturated rings. The first-order valence-electron chi connectivity index (χ1n) is 9.72. The molecule has 9 heteroatoms. The van der Waals surface area contributed by atoms with Crippen LogP contribution in [0.15, 0.2) is 72.8 Å². The van der Waals surface area contributed by atoms with Gasteiger partial charge in [0.2, 0.25) is 10.0 Å². The first-order valence-corrected chi connectivity index (χ1v) is 12.3. The minimum Gasteiger partial charge on any atom is -0.490 e. The average Bonchev–Trinajstić information content (AvgIpc) is 2.76. The number of hydrogen-bond donors (Lipinski definition) is 1. The van der Waals surface area contributed by atoms with Crippen LogP contribution in [0.3, 0.4) is 0 Å². The highest BCUT2D eigenvalue weighted by Gasteiger charge is 2.19. The van der Waals surface area contributed by atoms with Crippen LogP contribution in [0.25, 0.3) is 0 Å². The van der Waals surface area contributed by atoms with Gasteiger partial charge in [-0.3, -0.25) is 9.10 Å². The highest BCUT2D eigenvalue weighted by molar-refractivity contribution is 7.92. The van der Waals surface area contributed by atoms with Crippen molar-refractivity contribution in [3.8, 4) is 5.75 Å². The SMILES string of the molecule is CS(=O)(=O)N(Cc1ccccc1Cl)c1ccc(C(=O)NCCOc2ccccc2Cl)cc1. The van der Waals surface area contributed by atoms with Gasteiger partial charge in [0.1, 0.15) is 12.4 Å². The number of anilines is 1. The molecule has 0 aromatic heterocycles. The number of carbonyl (C=O) groups excluding carboxylic acids is 1. The van der Waals surface area contributed by atoms with Crippen LogP contribution >= 0.6 is 23.2 Å². The van der Waals surface area contributed by atoms with E-state index in [0.29, 0.717) is 32.6 Å². The van der Waals surface area contributed by atoms with Gasteiger partial charge in [0.25, 0.3) is 5.91 Å². The summed E-state index contributed by atoms with van der Waals surface area (Å²) in [7, 11) is -3.57. The Kier molecular flexibility index (Phi) is 8.01. The van der Waals surface area contributed by atoms with Gasteiger partial charge in [-0.25, -0.2) is 8.42 Å². The van der Waals surface area contributed by atoms with Crippen LogP contribution in [0.2, 0.25) is 10.0 Å². The van der Waals surface area contributed by atoms with Gasteiger partial charge in [0.15, 0.2) is 0 Å². The number of ether oxygens (including phenoxy) is 1. The van der Waals surface area contributed by atoms with E-state index >= 15 is 0 Å². The Morgan fingerprint density at radius 2 is 1.56 bits per heavy atom. The average molecular weight is 493 g/mol. The van der Waals surface area contributed by atoms with Crippen molar-refractivity contribution in [3.63, 3.8) is 0 Å². The second kappa shape index (κ2) is 10.7. The molecule has 6 nitrogen and oxygen atoms in total. The summed E-state index contributed by atoms with van der Waals surface area (Å²) in [6.07, 6.45) is 1.13. The summed E-state index contributed by atoms with van der Waals surface area (Å²) in [5, 5.41) is 3.74. The molecule has 0 saturated heterocycles. The van der Waals surface area contributed by atoms with Crippen molar-refractivity contribution in [1.82, 2.24) is 5.32 Å². The van der Waals surface area contributed by atoms with Gasteiger partial charge in [-0.1, -0.05) is 53.5 Å². The maximum atomic E-state index is 12.4. The molecule has 1 N–H and O–H groups in total. The zero-order valence-corrected chi connectivity index (χ0v) is 19.6. The Morgan fingerprint density at radius 3 is 2.19 bits per heavy atom. The van der Waals surface area contributed by atoms with Crippen LogP contribution in [0.1, 0.15) is 15.9 Å². The van der Waals surface area contributed by atoms with E-state index in [1.807, 2.05) is 6.07 Å². The number of benzene rings is 3. The van der Waals surface area contributed by atoms with Crippen LogP contribution in [0.4, 0.5) is 5.69 Å². The molecule has 0 aliphatic rings. The third kappa shape index (κ3) is 6.38. The van der Waals surface area contributed by atoms with E-state index < -0.39 is 10.0 Å². The predicted molar refractivity (Wildman–Crippen MR) is 128 cm³/mol. The number of hydrogen-bond acceptors (Lipinski definition) is 4. The summed E-state index contributed by atoms with van der Waals surface area (Å²) in [6.45, 7) is 0.629. The molecule has 3 aromatic carbocycles. The quantitative estimate of drug-likeness (QED) is 0.436. The summed E-state index contributed by atoms with van der Waals surface area (Å²) < 4.78 is 31.5. The first kappa shape index (κ1) is 23.9. The molecule has 0 saturated carbocycles. The maximum Gasteiger partial charge on any atom is 0.251 e. The highest BCUT2D eigenvalue weighted by atomic mass is 35.5. The van der Waals surface area contributed by atoms with Crippen LogP contribution < -0.4 is 14.4 Å². The molecule has 0 aliphatic heterocycles. The molecule has 32 heavy (non-hydrogen) atoms. The van der Waals surface area contributed by atoms with Crippen LogP contribution in [-0.2, 0) is 16.6 Å². The monoisotopic (exact) mass is 492 g/mol. The smallest absolute Gasteiger partial charge is 0.251 e. The van der Waals surface area contributed by atoms with Crippen LogP contribution in [0, 0.1) is 0 Å². The Labute approximate surface area is 197 Å². The van der Waals surface area contributed by atoms with Gasteiger partial charge in [0.05, 0.1) is 30.1 Å². The zero-order valence-electron chi connectivity index (χ0n) is 17.3. The highest BCUT2D eigenvalue weighted by Crippen LogP contribution is 2.25. The molecule has 1 amide bonds. The number of nitrogens with zero attached hydrogens (tertiary/aromatic N) is 1. The molecule has 168 valence electrons. The second-order valence-electron chi connectivity index (χ2n) is 6.94. The molecule has 0 atom stereocenters. The van der Waals surface area contributed by atoms with Crippen LogP contribution in [-0.4, -0.2) is 33.7 Å². The van der Waals surface area contributed by atoms with E-state index in [1.165, 1.54) is 4.31 Å². The van der Waals surface area contributed by atoms with Crippen molar-refractivity contribution in [2.45, 2.75) is 6.54 Å². The fraction of sp³-hybridized carbons (Fsp3) is 0.174. The van der Waals surface area contributed by atoms with Crippen molar-refractivity contribution >= 4 is 44.8 Å². The van der Waals surface area contributed by atoms with Crippen molar-refractivity contribution in [2.24, 2.45) is 0 Å². The topological polar surface area (TPSA) is 75.7 Å². The lowest BCUT2D eigenvalue weighted by Gasteiger charge is -2.23. The molecule has 0 radical (unpaired) electrons. The lowest BCUT2D eigenvalue weighted by Crippen LogP contribution is -2.30.